The van der Waals surface area contributed by atoms with E-state index in [2.05, 4.69) is 31.3 Å². The summed E-state index contributed by atoms with van der Waals surface area (Å²) in [5, 5.41) is 3.85. The second kappa shape index (κ2) is 6.45. The van der Waals surface area contributed by atoms with Gasteiger partial charge < -0.3 is 10.1 Å². The molecule has 5 heteroatoms. The number of carbonyl (C=O) groups is 2. The monoisotopic (exact) mass is 339 g/mol. The third-order valence-corrected chi connectivity index (χ3v) is 5.03. The largest absolute Gasteiger partial charge is 0.465 e. The van der Waals surface area contributed by atoms with Crippen molar-refractivity contribution in [1.82, 2.24) is 0 Å². The van der Waals surface area contributed by atoms with E-state index in [0.717, 1.165) is 10.1 Å². The lowest BCUT2D eigenvalue weighted by molar-refractivity contribution is 0.0602. The van der Waals surface area contributed by atoms with Gasteiger partial charge >= 0.3 is 5.97 Å². The molecule has 1 aromatic heterocycles. The number of rotatable bonds is 3. The number of thiophene rings is 1. The summed E-state index contributed by atoms with van der Waals surface area (Å²) in [5.74, 6) is -0.712. The topological polar surface area (TPSA) is 55.4 Å². The molecule has 122 valence electrons. The zero-order valence-corrected chi connectivity index (χ0v) is 14.5. The normalized spacial score (nSPS) is 10.6. The van der Waals surface area contributed by atoms with Crippen molar-refractivity contribution < 1.29 is 14.3 Å². The van der Waals surface area contributed by atoms with E-state index >= 15 is 0 Å². The van der Waals surface area contributed by atoms with Gasteiger partial charge in [-0.2, -0.15) is 0 Å². The van der Waals surface area contributed by atoms with E-state index in [1.807, 2.05) is 6.07 Å². The Balaban J connectivity index is 1.92. The van der Waals surface area contributed by atoms with Gasteiger partial charge in [0.05, 0.1) is 23.2 Å². The number of hydrogen-bond acceptors (Lipinski definition) is 4. The third kappa shape index (κ3) is 3.03. The van der Waals surface area contributed by atoms with E-state index in [9.17, 15) is 9.59 Å². The average Bonchev–Trinajstić information content (AvgIpc) is 2.98. The van der Waals surface area contributed by atoms with E-state index in [0.29, 0.717) is 16.1 Å². The van der Waals surface area contributed by atoms with Gasteiger partial charge in [0.25, 0.3) is 5.91 Å². The highest BCUT2D eigenvalue weighted by atomic mass is 32.1. The minimum absolute atomic E-state index is 0.233. The molecule has 24 heavy (non-hydrogen) atoms. The van der Waals surface area contributed by atoms with E-state index in [1.54, 1.807) is 24.3 Å². The van der Waals surface area contributed by atoms with Crippen molar-refractivity contribution in [1.29, 1.82) is 0 Å². The summed E-state index contributed by atoms with van der Waals surface area (Å²) < 4.78 is 5.82. The predicted molar refractivity (Wildman–Crippen MR) is 97.0 cm³/mol. The van der Waals surface area contributed by atoms with Crippen LogP contribution in [0.1, 0.15) is 31.2 Å². The Kier molecular flexibility index (Phi) is 4.36. The fourth-order valence-electron chi connectivity index (χ4n) is 2.48. The Hall–Kier alpha value is -2.66. The van der Waals surface area contributed by atoms with Gasteiger partial charge in [0.15, 0.2) is 0 Å². The molecule has 1 heterocycles. The summed E-state index contributed by atoms with van der Waals surface area (Å²) in [4.78, 5) is 25.0. The Labute approximate surface area is 144 Å². The molecule has 0 spiro atoms. The average molecular weight is 339 g/mol. The van der Waals surface area contributed by atoms with Crippen LogP contribution in [-0.4, -0.2) is 19.0 Å². The molecule has 0 aliphatic heterocycles. The van der Waals surface area contributed by atoms with Gasteiger partial charge in [0.2, 0.25) is 0 Å². The highest BCUT2D eigenvalue weighted by Crippen LogP contribution is 2.29. The first kappa shape index (κ1) is 16.2. The molecule has 4 nitrogen and oxygen atoms in total. The van der Waals surface area contributed by atoms with Gasteiger partial charge in [-0.05, 0) is 54.6 Å². The van der Waals surface area contributed by atoms with Crippen LogP contribution in [0.3, 0.4) is 0 Å². The summed E-state index contributed by atoms with van der Waals surface area (Å²) in [6, 6.07) is 12.9. The number of fused-ring (bicyclic) bond motifs is 1. The van der Waals surface area contributed by atoms with Crippen molar-refractivity contribution in [2.24, 2.45) is 0 Å². The Morgan fingerprint density at radius 3 is 2.50 bits per heavy atom. The first-order chi connectivity index (χ1) is 11.5. The fraction of sp³-hybridized carbons (Fsp3) is 0.158. The van der Waals surface area contributed by atoms with Crippen molar-refractivity contribution in [3.05, 3.63) is 64.0 Å². The number of benzene rings is 2. The number of para-hydroxylation sites is 1. The number of amides is 1. The molecule has 0 saturated heterocycles. The molecule has 0 aliphatic rings. The Bertz CT molecular complexity index is 904. The third-order valence-electron chi connectivity index (χ3n) is 3.94. The number of carbonyl (C=O) groups excluding carboxylic acids is 2. The molecular weight excluding hydrogens is 322 g/mol. The Morgan fingerprint density at radius 1 is 1.04 bits per heavy atom. The molecule has 0 atom stereocenters. The maximum atomic E-state index is 12.6. The van der Waals surface area contributed by atoms with Crippen LogP contribution in [-0.2, 0) is 4.74 Å². The molecule has 0 fully saturated rings. The van der Waals surface area contributed by atoms with Crippen LogP contribution in [0, 0.1) is 13.8 Å². The lowest BCUT2D eigenvalue weighted by Gasteiger charge is -2.08. The summed E-state index contributed by atoms with van der Waals surface area (Å²) >= 11 is 1.44. The van der Waals surface area contributed by atoms with E-state index in [-0.39, 0.29) is 5.91 Å². The minimum atomic E-state index is -0.478. The van der Waals surface area contributed by atoms with Crippen molar-refractivity contribution >= 4 is 39.0 Å². The zero-order chi connectivity index (χ0) is 17.3. The first-order valence-electron chi connectivity index (χ1n) is 7.49. The molecule has 0 bridgehead atoms. The van der Waals surface area contributed by atoms with Crippen molar-refractivity contribution in [3.63, 3.8) is 0 Å². The van der Waals surface area contributed by atoms with Gasteiger partial charge in [0.1, 0.15) is 0 Å². The number of methoxy groups -OCH3 is 1. The molecule has 0 unspecified atom stereocenters. The molecule has 0 aliphatic carbocycles. The van der Waals surface area contributed by atoms with Crippen LogP contribution in [0.25, 0.3) is 10.1 Å². The van der Waals surface area contributed by atoms with Crippen LogP contribution < -0.4 is 5.32 Å². The van der Waals surface area contributed by atoms with Crippen molar-refractivity contribution in [2.45, 2.75) is 13.8 Å². The maximum absolute atomic E-state index is 12.6. The summed E-state index contributed by atoms with van der Waals surface area (Å²) in [5.41, 5.74) is 3.18. The van der Waals surface area contributed by atoms with Gasteiger partial charge in [-0.1, -0.05) is 18.2 Å². The molecule has 1 N–H and O–H groups in total. The molecule has 3 rings (SSSR count). The number of ether oxygens (including phenoxy) is 1. The molecule has 1 amide bonds. The maximum Gasteiger partial charge on any atom is 0.339 e. The standard InChI is InChI=1S/C19H17NO3S/c1-11-8-13-10-17(24-16(13)9-12(11)2)18(21)20-15-7-5-4-6-14(15)19(22)23-3/h4-10H,1-3H3,(H,20,21). The van der Waals surface area contributed by atoms with Gasteiger partial charge in [-0.25, -0.2) is 4.79 Å². The molecule has 3 aromatic rings. The second-order valence-corrected chi connectivity index (χ2v) is 6.66. The summed E-state index contributed by atoms with van der Waals surface area (Å²) in [7, 11) is 1.32. The van der Waals surface area contributed by atoms with Gasteiger partial charge in [-0.15, -0.1) is 11.3 Å². The SMILES string of the molecule is COC(=O)c1ccccc1NC(=O)c1cc2cc(C)c(C)cc2s1. The predicted octanol–water partition coefficient (Wildman–Crippen LogP) is 4.56. The van der Waals surface area contributed by atoms with Gasteiger partial charge in [-0.3, -0.25) is 4.79 Å². The number of aryl methyl sites for hydroxylation is 2. The zero-order valence-electron chi connectivity index (χ0n) is 13.7. The molecular formula is C19H17NO3S. The highest BCUT2D eigenvalue weighted by Gasteiger charge is 2.16. The van der Waals surface area contributed by atoms with Crippen molar-refractivity contribution in [2.75, 3.05) is 12.4 Å². The molecule has 0 radical (unpaired) electrons. The van der Waals surface area contributed by atoms with Gasteiger partial charge in [0, 0.05) is 4.70 Å². The second-order valence-electron chi connectivity index (χ2n) is 5.58. The van der Waals surface area contributed by atoms with Crippen LogP contribution >= 0.6 is 11.3 Å². The van der Waals surface area contributed by atoms with E-state index in [1.165, 1.54) is 29.6 Å². The fourth-order valence-corrected chi connectivity index (χ4v) is 3.52. The molecule has 0 saturated carbocycles. The molecule has 2 aromatic carbocycles. The number of anilines is 1. The quantitative estimate of drug-likeness (QED) is 0.712. The van der Waals surface area contributed by atoms with Crippen LogP contribution in [0.2, 0.25) is 0 Å². The highest BCUT2D eigenvalue weighted by molar-refractivity contribution is 7.20. The van der Waals surface area contributed by atoms with Crippen molar-refractivity contribution in [3.8, 4) is 0 Å². The van der Waals surface area contributed by atoms with Crippen LogP contribution in [0.4, 0.5) is 5.69 Å². The minimum Gasteiger partial charge on any atom is -0.465 e. The summed E-state index contributed by atoms with van der Waals surface area (Å²) in [6.45, 7) is 4.11. The summed E-state index contributed by atoms with van der Waals surface area (Å²) in [6.07, 6.45) is 0. The number of nitrogens with one attached hydrogen (secondary N) is 1. The van der Waals surface area contributed by atoms with Crippen LogP contribution in [0.15, 0.2) is 42.5 Å². The lowest BCUT2D eigenvalue weighted by atomic mass is 10.1. The smallest absolute Gasteiger partial charge is 0.339 e. The number of hydrogen-bond donors (Lipinski definition) is 1. The Morgan fingerprint density at radius 2 is 1.75 bits per heavy atom. The first-order valence-corrected chi connectivity index (χ1v) is 8.30. The lowest BCUT2D eigenvalue weighted by Crippen LogP contribution is -2.14. The van der Waals surface area contributed by atoms with Crippen LogP contribution in [0.5, 0.6) is 0 Å². The van der Waals surface area contributed by atoms with E-state index in [4.69, 9.17) is 4.74 Å². The number of esters is 1. The van der Waals surface area contributed by atoms with E-state index < -0.39 is 5.97 Å².